The number of para-hydroxylation sites is 2. The number of hydrogen-bond acceptors (Lipinski definition) is 3. The van der Waals surface area contributed by atoms with Crippen LogP contribution in [0.4, 0.5) is 30.2 Å². The van der Waals surface area contributed by atoms with Gasteiger partial charge in [0, 0.05) is 32.7 Å². The standard InChI is InChI=1S/C73H37F3N8/c1-80-52-26-28-55(64(40-52)73(74,75)76)47-23-31-67(83-68-29-21-45(53-14-6-4-12-50(53)42-78)35-60(68)62-38-48(24-32-69(62)83)56-16-8-10-18-65(56)81-2)59(37-47)58-27-20-44(41-77)34-72(58)84-70-30-22-46(54-15-7-5-13-51(54)43-79)36-61(70)63-39-49(25-33-71(63)84)57-17-9-11-19-66(57)82-3/h4-40H. The van der Waals surface area contributed by atoms with Crippen molar-refractivity contribution < 1.29 is 13.2 Å². The molecule has 8 nitrogen and oxygen atoms in total. The first-order valence-electron chi connectivity index (χ1n) is 26.4. The minimum Gasteiger partial charge on any atom is -0.309 e. The van der Waals surface area contributed by atoms with Crippen molar-refractivity contribution in [3.63, 3.8) is 0 Å². The lowest BCUT2D eigenvalue weighted by Crippen LogP contribution is -2.07. The molecule has 0 fully saturated rings. The van der Waals surface area contributed by atoms with Crippen molar-refractivity contribution in [2.24, 2.45) is 0 Å². The zero-order chi connectivity index (χ0) is 57.8. The minimum absolute atomic E-state index is 0.140. The van der Waals surface area contributed by atoms with Gasteiger partial charge in [0.1, 0.15) is 0 Å². The van der Waals surface area contributed by atoms with Crippen LogP contribution in [-0.4, -0.2) is 9.13 Å². The average molecular weight is 1080 g/mol. The van der Waals surface area contributed by atoms with Gasteiger partial charge in [-0.25, -0.2) is 14.5 Å². The molecule has 0 atom stereocenters. The molecular weight excluding hydrogens is 1050 g/mol. The van der Waals surface area contributed by atoms with Crippen molar-refractivity contribution in [1.29, 1.82) is 15.8 Å². The van der Waals surface area contributed by atoms with Gasteiger partial charge in [-0.05, 0) is 147 Å². The van der Waals surface area contributed by atoms with Crippen LogP contribution in [0, 0.1) is 53.7 Å². The molecule has 0 radical (unpaired) electrons. The predicted octanol–water partition coefficient (Wildman–Crippen LogP) is 20.2. The molecule has 390 valence electrons. The second-order valence-corrected chi connectivity index (χ2v) is 20.1. The zero-order valence-electron chi connectivity index (χ0n) is 44.1. The molecule has 0 aliphatic rings. The quantitative estimate of drug-likeness (QED) is 0.142. The summed E-state index contributed by atoms with van der Waals surface area (Å²) in [6.07, 6.45) is -4.84. The van der Waals surface area contributed by atoms with E-state index < -0.39 is 11.7 Å². The van der Waals surface area contributed by atoms with Crippen LogP contribution in [0.1, 0.15) is 22.3 Å². The highest BCUT2D eigenvalue weighted by Gasteiger charge is 2.34. The molecule has 0 saturated carbocycles. The summed E-state index contributed by atoms with van der Waals surface area (Å²) >= 11 is 0. The van der Waals surface area contributed by atoms with E-state index in [1.165, 1.54) is 12.1 Å². The number of halogens is 3. The molecule has 13 rings (SSSR count). The van der Waals surface area contributed by atoms with Crippen LogP contribution in [-0.2, 0) is 6.18 Å². The molecule has 0 N–H and O–H groups in total. The van der Waals surface area contributed by atoms with Crippen LogP contribution in [0.15, 0.2) is 224 Å². The van der Waals surface area contributed by atoms with E-state index in [1.807, 2.05) is 152 Å². The maximum Gasteiger partial charge on any atom is 0.415 e. The smallest absolute Gasteiger partial charge is 0.309 e. The Hall–Kier alpha value is -12.3. The molecule has 0 spiro atoms. The Bertz CT molecular complexity index is 5000. The second-order valence-electron chi connectivity index (χ2n) is 20.1. The fourth-order valence-electron chi connectivity index (χ4n) is 11.7. The van der Waals surface area contributed by atoms with Gasteiger partial charge in [-0.2, -0.15) is 29.0 Å². The summed E-state index contributed by atoms with van der Waals surface area (Å²) in [4.78, 5) is 11.0. The van der Waals surface area contributed by atoms with Gasteiger partial charge in [0.2, 0.25) is 0 Å². The van der Waals surface area contributed by atoms with Gasteiger partial charge in [-0.15, -0.1) is 0 Å². The van der Waals surface area contributed by atoms with Gasteiger partial charge < -0.3 is 9.13 Å². The van der Waals surface area contributed by atoms with E-state index >= 15 is 13.2 Å². The first kappa shape index (κ1) is 51.2. The third-order valence-electron chi connectivity index (χ3n) is 15.6. The number of rotatable bonds is 8. The van der Waals surface area contributed by atoms with Gasteiger partial charge in [0.05, 0.1) is 93.6 Å². The highest BCUT2D eigenvalue weighted by atomic mass is 19.4. The maximum absolute atomic E-state index is 15.3. The van der Waals surface area contributed by atoms with Crippen LogP contribution < -0.4 is 0 Å². The molecule has 0 unspecified atom stereocenters. The largest absolute Gasteiger partial charge is 0.415 e. The summed E-state index contributed by atoms with van der Waals surface area (Å²) in [5, 5.41) is 34.5. The molecule has 2 aromatic heterocycles. The molecule has 0 bridgehead atoms. The lowest BCUT2D eigenvalue weighted by molar-refractivity contribution is -0.137. The molecule has 0 saturated heterocycles. The lowest BCUT2D eigenvalue weighted by atomic mass is 9.92. The van der Waals surface area contributed by atoms with Crippen LogP contribution in [0.25, 0.3) is 136 Å². The Morgan fingerprint density at radius 2 is 0.762 bits per heavy atom. The normalized spacial score (nSPS) is 11.2. The van der Waals surface area contributed by atoms with Crippen molar-refractivity contribution in [1.82, 2.24) is 9.13 Å². The van der Waals surface area contributed by atoms with Crippen LogP contribution in [0.5, 0.6) is 0 Å². The molecule has 11 aromatic carbocycles. The highest BCUT2D eigenvalue weighted by molar-refractivity contribution is 6.14. The Kier molecular flexibility index (Phi) is 12.5. The van der Waals surface area contributed by atoms with Crippen molar-refractivity contribution in [3.8, 4) is 96.3 Å². The summed E-state index contributed by atoms with van der Waals surface area (Å²) < 4.78 is 50.1. The number of nitriles is 3. The number of benzene rings is 11. The fraction of sp³-hybridized carbons (Fsp3) is 0.0137. The Morgan fingerprint density at radius 3 is 1.21 bits per heavy atom. The molecule has 11 heteroatoms. The summed E-state index contributed by atoms with van der Waals surface area (Å²) in [5.41, 5.74) is 12.2. The Labute approximate surface area is 479 Å². The maximum atomic E-state index is 15.3. The summed E-state index contributed by atoms with van der Waals surface area (Å²) in [6, 6.07) is 74.4. The second kappa shape index (κ2) is 20.4. The van der Waals surface area contributed by atoms with Gasteiger partial charge in [0.15, 0.2) is 17.1 Å². The first-order chi connectivity index (χ1) is 41.0. The Morgan fingerprint density at radius 1 is 0.345 bits per heavy atom. The molecule has 0 aliphatic carbocycles. The summed E-state index contributed by atoms with van der Waals surface area (Å²) in [6.45, 7) is 23.7. The van der Waals surface area contributed by atoms with E-state index in [-0.39, 0.29) is 16.8 Å². The van der Waals surface area contributed by atoms with Gasteiger partial charge >= 0.3 is 6.18 Å². The van der Waals surface area contributed by atoms with Gasteiger partial charge in [-0.1, -0.05) is 133 Å². The van der Waals surface area contributed by atoms with Crippen molar-refractivity contribution in [3.05, 3.63) is 281 Å². The fourth-order valence-corrected chi connectivity index (χ4v) is 11.7. The topological polar surface area (TPSA) is 94.3 Å². The van der Waals surface area contributed by atoms with Crippen molar-refractivity contribution >= 4 is 60.7 Å². The third-order valence-corrected chi connectivity index (χ3v) is 15.6. The molecular formula is C73H37F3N8. The van der Waals surface area contributed by atoms with Crippen LogP contribution in [0.2, 0.25) is 0 Å². The SMILES string of the molecule is [C-]#[N+]c1ccc(-c2ccc(-n3c4ccc(-c5ccccc5C#N)cc4c4cc(-c5ccccc5[N+]#[C-])ccc43)c(-c3ccc(C#N)cc3-n3c4ccc(-c5ccccc5C#N)cc4c4cc(-c5ccccc5[N+]#[C-])ccc43)c2)c(C(F)(F)F)c1. The third kappa shape index (κ3) is 8.52. The van der Waals surface area contributed by atoms with Gasteiger partial charge in [-0.3, -0.25) is 0 Å². The molecule has 84 heavy (non-hydrogen) atoms. The minimum atomic E-state index is -4.84. The number of nitrogens with zero attached hydrogens (tertiary/aromatic N) is 8. The number of alkyl halides is 3. The molecule has 0 amide bonds. The zero-order valence-corrected chi connectivity index (χ0v) is 44.1. The number of hydrogen-bond donors (Lipinski definition) is 0. The summed E-state index contributed by atoms with van der Waals surface area (Å²) in [7, 11) is 0. The van der Waals surface area contributed by atoms with E-state index in [2.05, 4.69) is 41.9 Å². The van der Waals surface area contributed by atoms with Crippen LogP contribution in [0.3, 0.4) is 0 Å². The van der Waals surface area contributed by atoms with E-state index in [9.17, 15) is 15.8 Å². The molecule has 13 aromatic rings. The van der Waals surface area contributed by atoms with Crippen molar-refractivity contribution in [2.75, 3.05) is 0 Å². The first-order valence-corrected chi connectivity index (χ1v) is 26.4. The Balaban J connectivity index is 1.15. The lowest BCUT2D eigenvalue weighted by Gasteiger charge is -2.21. The highest BCUT2D eigenvalue weighted by Crippen LogP contribution is 2.48. The van der Waals surface area contributed by atoms with E-state index in [4.69, 9.17) is 19.7 Å². The molecule has 0 aliphatic heterocycles. The van der Waals surface area contributed by atoms with E-state index in [0.29, 0.717) is 50.6 Å². The predicted molar refractivity (Wildman–Crippen MR) is 326 cm³/mol. The van der Waals surface area contributed by atoms with E-state index in [1.54, 1.807) is 54.6 Å². The number of fused-ring (bicyclic) bond motifs is 6. The van der Waals surface area contributed by atoms with Crippen molar-refractivity contribution in [2.45, 2.75) is 6.18 Å². The summed E-state index contributed by atoms with van der Waals surface area (Å²) in [5.74, 6) is 0. The van der Waals surface area contributed by atoms with Gasteiger partial charge in [0.25, 0.3) is 0 Å². The van der Waals surface area contributed by atoms with Crippen LogP contribution >= 0.6 is 0 Å². The molecule has 2 heterocycles. The van der Waals surface area contributed by atoms with E-state index in [0.717, 1.165) is 94.2 Å². The average Bonchev–Trinajstić information content (AvgIpc) is 1.94. The monoisotopic (exact) mass is 1080 g/mol. The number of aromatic nitrogens is 2.